The van der Waals surface area contributed by atoms with Crippen molar-refractivity contribution in [1.29, 1.82) is 0 Å². The second-order valence-electron chi connectivity index (χ2n) is 3.79. The molecule has 0 atom stereocenters. The van der Waals surface area contributed by atoms with Crippen LogP contribution in [0.2, 0.25) is 0 Å². The van der Waals surface area contributed by atoms with Crippen molar-refractivity contribution in [2.24, 2.45) is 0 Å². The number of nitrogen functional groups attached to an aromatic ring is 1. The average Bonchev–Trinajstić information content (AvgIpc) is 2.83. The van der Waals surface area contributed by atoms with Crippen molar-refractivity contribution in [3.8, 4) is 17.2 Å². The molecule has 0 saturated carbocycles. The summed E-state index contributed by atoms with van der Waals surface area (Å²) in [4.78, 5) is 11.6. The van der Waals surface area contributed by atoms with E-state index in [2.05, 4.69) is 10.2 Å². The number of fused-ring (bicyclic) bond motifs is 1. The Morgan fingerprint density at radius 2 is 2.05 bits per heavy atom. The van der Waals surface area contributed by atoms with Gasteiger partial charge in [0.2, 0.25) is 0 Å². The topological polar surface area (TPSA) is 104 Å². The van der Waals surface area contributed by atoms with Gasteiger partial charge in [0.05, 0.1) is 12.7 Å². The van der Waals surface area contributed by atoms with Gasteiger partial charge in [-0.3, -0.25) is 0 Å². The number of methoxy groups -OCH3 is 1. The highest BCUT2D eigenvalue weighted by molar-refractivity contribution is 5.91. The summed E-state index contributed by atoms with van der Waals surface area (Å²) in [6.45, 7) is 0. The van der Waals surface area contributed by atoms with Crippen molar-refractivity contribution in [2.45, 2.75) is 0 Å². The van der Waals surface area contributed by atoms with Gasteiger partial charge in [-0.25, -0.2) is 4.79 Å². The third-order valence-corrected chi connectivity index (χ3v) is 2.62. The predicted molar refractivity (Wildman–Crippen MR) is 66.7 cm³/mol. The van der Waals surface area contributed by atoms with E-state index in [1.165, 1.54) is 13.2 Å². The van der Waals surface area contributed by atoms with E-state index < -0.39 is 5.63 Å². The van der Waals surface area contributed by atoms with Crippen LogP contribution >= 0.6 is 0 Å². The van der Waals surface area contributed by atoms with Crippen LogP contribution in [0.5, 0.6) is 5.75 Å². The zero-order valence-corrected chi connectivity index (χ0v) is 9.91. The molecule has 19 heavy (non-hydrogen) atoms. The van der Waals surface area contributed by atoms with Crippen molar-refractivity contribution in [1.82, 2.24) is 10.2 Å². The quantitative estimate of drug-likeness (QED) is 0.694. The molecule has 0 unspecified atom stereocenters. The summed E-state index contributed by atoms with van der Waals surface area (Å²) in [6.07, 6.45) is 0. The molecule has 2 N–H and O–H groups in total. The third kappa shape index (κ3) is 1.90. The van der Waals surface area contributed by atoms with Crippen molar-refractivity contribution in [3.05, 3.63) is 34.7 Å². The fourth-order valence-corrected chi connectivity index (χ4v) is 1.79. The lowest BCUT2D eigenvalue weighted by Gasteiger charge is -2.03. The summed E-state index contributed by atoms with van der Waals surface area (Å²) < 4.78 is 15.3. The molecule has 3 aromatic rings. The molecule has 0 aliphatic carbocycles. The maximum absolute atomic E-state index is 11.6. The van der Waals surface area contributed by atoms with Gasteiger partial charge in [-0.05, 0) is 12.1 Å². The van der Waals surface area contributed by atoms with Gasteiger partial charge in [-0.1, -0.05) is 5.10 Å². The lowest BCUT2D eigenvalue weighted by Crippen LogP contribution is -1.98. The Morgan fingerprint density at radius 3 is 2.74 bits per heavy atom. The highest BCUT2D eigenvalue weighted by Gasteiger charge is 2.13. The van der Waals surface area contributed by atoms with Crippen LogP contribution in [-0.4, -0.2) is 17.3 Å². The first-order valence-corrected chi connectivity index (χ1v) is 5.38. The second-order valence-corrected chi connectivity index (χ2v) is 3.79. The number of nitrogens with two attached hydrogens (primary N) is 1. The summed E-state index contributed by atoms with van der Waals surface area (Å²) in [5.41, 5.74) is 5.71. The first kappa shape index (κ1) is 11.3. The Labute approximate surface area is 106 Å². The van der Waals surface area contributed by atoms with Crippen LogP contribution in [0.25, 0.3) is 22.4 Å². The molecule has 0 radical (unpaired) electrons. The molecular weight excluding hydrogens is 250 g/mol. The maximum atomic E-state index is 11.6. The molecule has 0 fully saturated rings. The summed E-state index contributed by atoms with van der Waals surface area (Å²) in [5, 5.41) is 7.99. The Hall–Kier alpha value is -2.83. The zero-order valence-electron chi connectivity index (χ0n) is 9.91. The Bertz CT molecular complexity index is 806. The van der Waals surface area contributed by atoms with Gasteiger partial charge in [0.1, 0.15) is 11.3 Å². The molecule has 0 aliphatic heterocycles. The molecule has 2 aromatic heterocycles. The summed E-state index contributed by atoms with van der Waals surface area (Å²) in [6, 6.07) is 6.31. The van der Waals surface area contributed by atoms with Crippen molar-refractivity contribution in [3.63, 3.8) is 0 Å². The van der Waals surface area contributed by atoms with Gasteiger partial charge in [-0.15, -0.1) is 5.10 Å². The van der Waals surface area contributed by atoms with Crippen LogP contribution in [-0.2, 0) is 0 Å². The average molecular weight is 259 g/mol. The molecule has 0 aliphatic rings. The van der Waals surface area contributed by atoms with E-state index in [1.807, 2.05) is 0 Å². The van der Waals surface area contributed by atoms with E-state index in [0.717, 1.165) is 0 Å². The Kier molecular flexibility index (Phi) is 2.45. The fourth-order valence-electron chi connectivity index (χ4n) is 1.79. The summed E-state index contributed by atoms with van der Waals surface area (Å²) >= 11 is 0. The minimum absolute atomic E-state index is 0.0649. The van der Waals surface area contributed by atoms with E-state index in [9.17, 15) is 4.79 Å². The molecular formula is C12H9N3O4. The second kappa shape index (κ2) is 4.13. The van der Waals surface area contributed by atoms with E-state index in [-0.39, 0.29) is 11.9 Å². The molecule has 0 spiro atoms. The first-order valence-electron chi connectivity index (χ1n) is 5.38. The van der Waals surface area contributed by atoms with Gasteiger partial charge >= 0.3 is 11.6 Å². The molecule has 7 heteroatoms. The van der Waals surface area contributed by atoms with Gasteiger partial charge in [0.25, 0.3) is 5.89 Å². The number of anilines is 1. The minimum Gasteiger partial charge on any atom is -0.497 e. The third-order valence-electron chi connectivity index (χ3n) is 2.62. The first-order chi connectivity index (χ1) is 9.17. The monoisotopic (exact) mass is 259 g/mol. The van der Waals surface area contributed by atoms with Crippen LogP contribution in [0, 0.1) is 0 Å². The highest BCUT2D eigenvalue weighted by Crippen LogP contribution is 2.28. The predicted octanol–water partition coefficient (Wildman–Crippen LogP) is 1.43. The van der Waals surface area contributed by atoms with Gasteiger partial charge in [-0.2, -0.15) is 0 Å². The van der Waals surface area contributed by atoms with E-state index in [1.54, 1.807) is 18.2 Å². The highest BCUT2D eigenvalue weighted by atomic mass is 16.5. The van der Waals surface area contributed by atoms with Crippen molar-refractivity contribution in [2.75, 3.05) is 12.8 Å². The van der Waals surface area contributed by atoms with Crippen LogP contribution in [0.3, 0.4) is 0 Å². The molecule has 96 valence electrons. The van der Waals surface area contributed by atoms with E-state index in [4.69, 9.17) is 19.3 Å². The Morgan fingerprint density at radius 1 is 1.21 bits per heavy atom. The molecule has 2 heterocycles. The number of ether oxygens (including phenoxy) is 1. The maximum Gasteiger partial charge on any atom is 0.337 e. The van der Waals surface area contributed by atoms with Crippen LogP contribution in [0.4, 0.5) is 6.01 Å². The number of benzene rings is 1. The van der Waals surface area contributed by atoms with Crippen molar-refractivity contribution < 1.29 is 13.6 Å². The molecule has 0 amide bonds. The van der Waals surface area contributed by atoms with Crippen LogP contribution in [0.1, 0.15) is 0 Å². The molecule has 1 aromatic carbocycles. The normalized spacial score (nSPS) is 10.8. The smallest absolute Gasteiger partial charge is 0.337 e. The summed E-state index contributed by atoms with van der Waals surface area (Å²) in [5.74, 6) is 0.749. The number of nitrogens with zero attached hydrogens (tertiary/aromatic N) is 2. The minimum atomic E-state index is -0.521. The SMILES string of the molecule is COc1ccc2c(-c3nnc(N)o3)cc(=O)oc2c1. The van der Waals surface area contributed by atoms with Crippen molar-refractivity contribution >= 4 is 17.0 Å². The zero-order chi connectivity index (χ0) is 13.4. The van der Waals surface area contributed by atoms with E-state index in [0.29, 0.717) is 22.3 Å². The molecule has 7 nitrogen and oxygen atoms in total. The van der Waals surface area contributed by atoms with Gasteiger partial charge in [0, 0.05) is 17.5 Å². The fraction of sp³-hybridized carbons (Fsp3) is 0.0833. The molecule has 0 bridgehead atoms. The van der Waals surface area contributed by atoms with E-state index >= 15 is 0 Å². The largest absolute Gasteiger partial charge is 0.497 e. The standard InChI is InChI=1S/C12H9N3O4/c1-17-6-2-3-7-8(11-14-15-12(13)19-11)5-10(16)18-9(7)4-6/h2-5H,1H3,(H2,13,15). The summed E-state index contributed by atoms with van der Waals surface area (Å²) in [7, 11) is 1.53. The number of aromatic nitrogens is 2. The van der Waals surface area contributed by atoms with Gasteiger partial charge < -0.3 is 19.3 Å². The lowest BCUT2D eigenvalue weighted by atomic mass is 10.1. The van der Waals surface area contributed by atoms with Gasteiger partial charge in [0.15, 0.2) is 0 Å². The molecule has 3 rings (SSSR count). The van der Waals surface area contributed by atoms with Crippen LogP contribution in [0.15, 0.2) is 37.9 Å². The lowest BCUT2D eigenvalue weighted by molar-refractivity contribution is 0.414. The number of hydrogen-bond acceptors (Lipinski definition) is 7. The number of hydrogen-bond donors (Lipinski definition) is 1. The Balaban J connectivity index is 2.32. The van der Waals surface area contributed by atoms with Crippen LogP contribution < -0.4 is 16.1 Å². The number of rotatable bonds is 2. The molecule has 0 saturated heterocycles.